The molecule has 2 atom stereocenters. The third-order valence-electron chi connectivity index (χ3n) is 9.30. The maximum Gasteiger partial charge on any atom is 0.258 e. The van der Waals surface area contributed by atoms with Crippen LogP contribution in [0.3, 0.4) is 0 Å². The molecule has 262 valence electrons. The number of carbonyl (C=O) groups excluding carboxylic acids is 2. The van der Waals surface area contributed by atoms with Crippen molar-refractivity contribution in [3.63, 3.8) is 0 Å². The molecular weight excluding hydrogens is 689 g/mol. The van der Waals surface area contributed by atoms with Crippen LogP contribution in [0, 0.1) is 0 Å². The predicted molar refractivity (Wildman–Crippen MR) is 198 cm³/mol. The fraction of sp³-hybridized carbons (Fsp3) is 0.289. The van der Waals surface area contributed by atoms with Gasteiger partial charge >= 0.3 is 0 Å². The summed E-state index contributed by atoms with van der Waals surface area (Å²) in [6.07, 6.45) is 4.42. The third kappa shape index (κ3) is 7.62. The van der Waals surface area contributed by atoms with Crippen LogP contribution in [-0.2, 0) is 22.7 Å². The summed E-state index contributed by atoms with van der Waals surface area (Å²) >= 11 is 14.2. The lowest BCUT2D eigenvalue weighted by molar-refractivity contribution is -0.120. The standard InChI is InChI=1S/C38H37Cl2N7O4/c1-51-38-23(18-41-19-24-9-12-33(48)44-24)8-11-31(46-38)30-7-3-6-29(37(30)40)28-5-2-4-27(36(28)39)22-14-15-47-32(16-22)43-26(17-35(47)50)21-42-20-25-10-13-34(49)45-25/h2-8,11,14-17,24-25,41-42H,9-10,12-13,18-21H2,1H3,(H,44,48)(H,45,49)/t24-,25+/m1/s1. The molecule has 51 heavy (non-hydrogen) atoms. The highest BCUT2D eigenvalue weighted by Gasteiger charge is 2.22. The molecule has 0 radical (unpaired) electrons. The number of amides is 2. The second kappa shape index (κ2) is 15.2. The Kier molecular flexibility index (Phi) is 10.3. The van der Waals surface area contributed by atoms with Gasteiger partial charge in [0.25, 0.3) is 5.56 Å². The molecule has 0 spiro atoms. The topological polar surface area (TPSA) is 139 Å². The van der Waals surface area contributed by atoms with E-state index in [0.717, 1.165) is 46.2 Å². The Bertz CT molecular complexity index is 2190. The fourth-order valence-electron chi connectivity index (χ4n) is 6.66. The van der Waals surface area contributed by atoms with Crippen molar-refractivity contribution in [2.24, 2.45) is 0 Å². The SMILES string of the molecule is COc1nc(-c2cccc(-c3cccc(-c4ccn5c(=O)cc(CNC[C@@H]6CCC(=O)N6)nc5c4)c3Cl)c2Cl)ccc1CNC[C@H]1CCC(=O)N1. The molecular formula is C38H37Cl2N7O4. The molecule has 2 saturated heterocycles. The molecule has 2 aliphatic rings. The summed E-state index contributed by atoms with van der Waals surface area (Å²) in [5.41, 5.74) is 6.25. The molecule has 13 heteroatoms. The number of aromatic nitrogens is 3. The largest absolute Gasteiger partial charge is 0.481 e. The van der Waals surface area contributed by atoms with Crippen molar-refractivity contribution in [1.29, 1.82) is 0 Å². The van der Waals surface area contributed by atoms with Gasteiger partial charge in [-0.1, -0.05) is 65.7 Å². The minimum absolute atomic E-state index is 0.0650. The number of halogens is 2. The molecule has 0 saturated carbocycles. The number of benzene rings is 2. The second-order valence-corrected chi connectivity index (χ2v) is 13.6. The van der Waals surface area contributed by atoms with E-state index in [-0.39, 0.29) is 29.5 Å². The number of rotatable bonds is 12. The van der Waals surface area contributed by atoms with Gasteiger partial charge in [-0.3, -0.25) is 18.8 Å². The van der Waals surface area contributed by atoms with Crippen LogP contribution in [0.2, 0.25) is 10.0 Å². The van der Waals surface area contributed by atoms with Crippen LogP contribution in [0.1, 0.15) is 36.9 Å². The van der Waals surface area contributed by atoms with Gasteiger partial charge in [0.15, 0.2) is 0 Å². The minimum atomic E-state index is -0.186. The van der Waals surface area contributed by atoms with Gasteiger partial charge in [0.1, 0.15) is 5.65 Å². The number of pyridine rings is 2. The van der Waals surface area contributed by atoms with Gasteiger partial charge in [0.05, 0.1) is 28.5 Å². The average molecular weight is 727 g/mol. The van der Waals surface area contributed by atoms with Gasteiger partial charge in [0, 0.05) is 91.2 Å². The second-order valence-electron chi connectivity index (χ2n) is 12.8. The molecule has 0 bridgehead atoms. The van der Waals surface area contributed by atoms with Crippen molar-refractivity contribution in [3.8, 4) is 39.4 Å². The summed E-state index contributed by atoms with van der Waals surface area (Å²) in [7, 11) is 1.59. The highest BCUT2D eigenvalue weighted by Crippen LogP contribution is 2.42. The van der Waals surface area contributed by atoms with Crippen LogP contribution in [0.4, 0.5) is 0 Å². The highest BCUT2D eigenvalue weighted by atomic mass is 35.5. The van der Waals surface area contributed by atoms with E-state index >= 15 is 0 Å². The van der Waals surface area contributed by atoms with Gasteiger partial charge in [-0.15, -0.1) is 0 Å². The number of nitrogens with zero attached hydrogens (tertiary/aromatic N) is 3. The van der Waals surface area contributed by atoms with Crippen molar-refractivity contribution in [2.75, 3.05) is 20.2 Å². The number of fused-ring (bicyclic) bond motifs is 1. The van der Waals surface area contributed by atoms with E-state index in [2.05, 4.69) is 21.3 Å². The summed E-state index contributed by atoms with van der Waals surface area (Å²) < 4.78 is 7.15. The summed E-state index contributed by atoms with van der Waals surface area (Å²) in [5, 5.41) is 13.6. The van der Waals surface area contributed by atoms with Crippen LogP contribution in [-0.4, -0.2) is 58.5 Å². The van der Waals surface area contributed by atoms with Gasteiger partial charge < -0.3 is 26.0 Å². The van der Waals surface area contributed by atoms with Gasteiger partial charge in [-0.2, -0.15) is 0 Å². The van der Waals surface area contributed by atoms with Crippen LogP contribution in [0.5, 0.6) is 5.88 Å². The lowest BCUT2D eigenvalue weighted by atomic mass is 9.97. The summed E-state index contributed by atoms with van der Waals surface area (Å²) in [5.74, 6) is 0.645. The Hall–Kier alpha value is -4.81. The molecule has 5 heterocycles. The number of hydrogen-bond donors (Lipinski definition) is 4. The number of methoxy groups -OCH3 is 1. The van der Waals surface area contributed by atoms with Crippen LogP contribution in [0.25, 0.3) is 39.2 Å². The van der Waals surface area contributed by atoms with Crippen molar-refractivity contribution >= 4 is 40.7 Å². The van der Waals surface area contributed by atoms with E-state index in [1.165, 1.54) is 10.5 Å². The number of nitrogens with one attached hydrogen (secondary N) is 4. The minimum Gasteiger partial charge on any atom is -0.481 e. The summed E-state index contributed by atoms with van der Waals surface area (Å²) in [6, 6.07) is 20.8. The molecule has 7 rings (SSSR count). The summed E-state index contributed by atoms with van der Waals surface area (Å²) in [6.45, 7) is 2.21. The molecule has 11 nitrogen and oxygen atoms in total. The predicted octanol–water partition coefficient (Wildman–Crippen LogP) is 5.14. The smallest absolute Gasteiger partial charge is 0.258 e. The first-order valence-electron chi connectivity index (χ1n) is 16.9. The van der Waals surface area contributed by atoms with Gasteiger partial charge in [-0.25, -0.2) is 9.97 Å². The number of ether oxygens (including phenoxy) is 1. The van der Waals surface area contributed by atoms with E-state index in [4.69, 9.17) is 37.9 Å². The first-order chi connectivity index (χ1) is 24.8. The molecule has 3 aromatic heterocycles. The molecule has 5 aromatic rings. The lowest BCUT2D eigenvalue weighted by Gasteiger charge is -2.16. The van der Waals surface area contributed by atoms with E-state index < -0.39 is 0 Å². The molecule has 2 amide bonds. The maximum absolute atomic E-state index is 12.9. The molecule has 2 fully saturated rings. The number of hydrogen-bond acceptors (Lipinski definition) is 8. The van der Waals surface area contributed by atoms with Crippen LogP contribution >= 0.6 is 23.2 Å². The lowest BCUT2D eigenvalue weighted by Crippen LogP contribution is -2.35. The van der Waals surface area contributed by atoms with E-state index in [1.54, 1.807) is 13.3 Å². The zero-order chi connectivity index (χ0) is 35.5. The van der Waals surface area contributed by atoms with E-state index in [0.29, 0.717) is 72.0 Å². The monoisotopic (exact) mass is 725 g/mol. The van der Waals surface area contributed by atoms with Crippen molar-refractivity contribution in [1.82, 2.24) is 35.6 Å². The Morgan fingerprint density at radius 1 is 0.784 bits per heavy atom. The summed E-state index contributed by atoms with van der Waals surface area (Å²) in [4.78, 5) is 45.5. The zero-order valence-corrected chi connectivity index (χ0v) is 29.5. The van der Waals surface area contributed by atoms with Crippen molar-refractivity contribution in [2.45, 2.75) is 50.9 Å². The molecule has 2 aromatic carbocycles. The zero-order valence-electron chi connectivity index (χ0n) is 28.0. The first kappa shape index (κ1) is 34.6. The highest BCUT2D eigenvalue weighted by molar-refractivity contribution is 6.39. The molecule has 0 aliphatic carbocycles. The van der Waals surface area contributed by atoms with Crippen molar-refractivity contribution in [3.05, 3.63) is 105 Å². The average Bonchev–Trinajstić information content (AvgIpc) is 3.75. The third-order valence-corrected chi connectivity index (χ3v) is 10.1. The van der Waals surface area contributed by atoms with Crippen molar-refractivity contribution < 1.29 is 14.3 Å². The Balaban J connectivity index is 1.12. The normalized spacial score (nSPS) is 17.2. The fourth-order valence-corrected chi connectivity index (χ4v) is 7.32. The maximum atomic E-state index is 12.9. The Morgan fingerprint density at radius 3 is 2.06 bits per heavy atom. The van der Waals surface area contributed by atoms with E-state index in [1.807, 2.05) is 60.7 Å². The van der Waals surface area contributed by atoms with Crippen LogP contribution in [0.15, 0.2) is 77.7 Å². The Labute approximate surface area is 304 Å². The Morgan fingerprint density at radius 2 is 1.41 bits per heavy atom. The molecule has 4 N–H and O–H groups in total. The van der Waals surface area contributed by atoms with Crippen LogP contribution < -0.4 is 31.6 Å². The van der Waals surface area contributed by atoms with Gasteiger partial charge in [0.2, 0.25) is 17.7 Å². The first-order valence-corrected chi connectivity index (χ1v) is 17.7. The quantitative estimate of drug-likeness (QED) is 0.139. The number of carbonyl (C=O) groups is 2. The molecule has 2 aliphatic heterocycles. The molecule has 0 unspecified atom stereocenters. The van der Waals surface area contributed by atoms with E-state index in [9.17, 15) is 14.4 Å². The van der Waals surface area contributed by atoms with Gasteiger partial charge in [-0.05, 0) is 36.6 Å².